The van der Waals surface area contributed by atoms with Crippen LogP contribution in [0.3, 0.4) is 0 Å². The van der Waals surface area contributed by atoms with Crippen LogP contribution in [0, 0.1) is 11.8 Å². The number of likely N-dealkylation sites (tertiary alicyclic amines) is 1. The van der Waals surface area contributed by atoms with Gasteiger partial charge in [0.2, 0.25) is 5.91 Å². The van der Waals surface area contributed by atoms with E-state index in [-0.39, 0.29) is 24.4 Å². The molecule has 1 saturated carbocycles. The second-order valence-corrected chi connectivity index (χ2v) is 8.73. The van der Waals surface area contributed by atoms with Gasteiger partial charge in [0, 0.05) is 32.4 Å². The Kier molecular flexibility index (Phi) is 6.48. The molecule has 0 bridgehead atoms. The van der Waals surface area contributed by atoms with Crippen LogP contribution in [0.25, 0.3) is 0 Å². The van der Waals surface area contributed by atoms with Gasteiger partial charge in [0.25, 0.3) is 0 Å². The predicted octanol–water partition coefficient (Wildman–Crippen LogP) is 2.86. The lowest BCUT2D eigenvalue weighted by Gasteiger charge is -2.38. The first-order valence-corrected chi connectivity index (χ1v) is 10.8. The predicted molar refractivity (Wildman–Crippen MR) is 106 cm³/mol. The van der Waals surface area contributed by atoms with Gasteiger partial charge in [-0.3, -0.25) is 4.79 Å². The maximum atomic E-state index is 12.8. The van der Waals surface area contributed by atoms with Crippen LogP contribution in [-0.4, -0.2) is 72.7 Å². The standard InChI is InChI=1S/C21H29F3N4O2/c22-21(23,24)17-3-6-25-19(9-17)26-10-18-13-28(20(29)14-30-18)12-16-4-7-27(8-5-16)11-15-1-2-15/h3,6,9,15-16,18H,1-2,4-5,7-8,10-14H2,(H,25,26)/t18-/m0/s1. The maximum Gasteiger partial charge on any atom is 0.416 e. The molecule has 3 fully saturated rings. The highest BCUT2D eigenvalue weighted by molar-refractivity contribution is 5.78. The molecule has 1 aliphatic carbocycles. The van der Waals surface area contributed by atoms with Crippen molar-refractivity contribution >= 4 is 11.7 Å². The summed E-state index contributed by atoms with van der Waals surface area (Å²) in [5.74, 6) is 1.55. The third-order valence-corrected chi connectivity index (χ3v) is 6.22. The molecule has 4 rings (SSSR count). The van der Waals surface area contributed by atoms with Gasteiger partial charge in [-0.05, 0) is 62.7 Å². The van der Waals surface area contributed by atoms with Crippen LogP contribution in [0.5, 0.6) is 0 Å². The number of carbonyl (C=O) groups is 1. The summed E-state index contributed by atoms with van der Waals surface area (Å²) >= 11 is 0. The molecule has 1 aromatic heterocycles. The first-order valence-electron chi connectivity index (χ1n) is 10.8. The monoisotopic (exact) mass is 426 g/mol. The minimum atomic E-state index is -4.40. The minimum Gasteiger partial charge on any atom is -0.367 e. The molecule has 1 aromatic rings. The molecule has 1 atom stereocenters. The summed E-state index contributed by atoms with van der Waals surface area (Å²) in [4.78, 5) is 20.6. The molecular weight excluding hydrogens is 397 g/mol. The van der Waals surface area contributed by atoms with Crippen molar-refractivity contribution in [2.75, 3.05) is 51.2 Å². The summed E-state index contributed by atoms with van der Waals surface area (Å²) in [6, 6.07) is 1.93. The average Bonchev–Trinajstić information content (AvgIpc) is 3.54. The third kappa shape index (κ3) is 5.85. The van der Waals surface area contributed by atoms with E-state index < -0.39 is 11.7 Å². The number of carbonyl (C=O) groups excluding carboxylic acids is 1. The summed E-state index contributed by atoms with van der Waals surface area (Å²) in [7, 11) is 0. The Morgan fingerprint density at radius 3 is 2.57 bits per heavy atom. The molecule has 6 nitrogen and oxygen atoms in total. The smallest absolute Gasteiger partial charge is 0.367 e. The van der Waals surface area contributed by atoms with Gasteiger partial charge in [-0.15, -0.1) is 0 Å². The van der Waals surface area contributed by atoms with E-state index >= 15 is 0 Å². The lowest BCUT2D eigenvalue weighted by molar-refractivity contribution is -0.149. The van der Waals surface area contributed by atoms with Crippen molar-refractivity contribution in [1.82, 2.24) is 14.8 Å². The summed E-state index contributed by atoms with van der Waals surface area (Å²) in [6.45, 7) is 4.93. The topological polar surface area (TPSA) is 57.7 Å². The van der Waals surface area contributed by atoms with Crippen LogP contribution >= 0.6 is 0 Å². The third-order valence-electron chi connectivity index (χ3n) is 6.22. The van der Waals surface area contributed by atoms with Crippen molar-refractivity contribution in [3.05, 3.63) is 23.9 Å². The van der Waals surface area contributed by atoms with Gasteiger partial charge in [-0.1, -0.05) is 0 Å². The number of rotatable bonds is 7. The van der Waals surface area contributed by atoms with Crippen LogP contribution in [0.2, 0.25) is 0 Å². The van der Waals surface area contributed by atoms with Crippen LogP contribution < -0.4 is 5.32 Å². The van der Waals surface area contributed by atoms with Crippen LogP contribution in [0.1, 0.15) is 31.2 Å². The molecule has 1 amide bonds. The average molecular weight is 426 g/mol. The van der Waals surface area contributed by atoms with Gasteiger partial charge >= 0.3 is 6.18 Å². The molecule has 2 aliphatic heterocycles. The Labute approximate surface area is 174 Å². The van der Waals surface area contributed by atoms with E-state index in [9.17, 15) is 18.0 Å². The lowest BCUT2D eigenvalue weighted by atomic mass is 9.95. The number of morpholine rings is 1. The SMILES string of the molecule is O=C1CO[C@@H](CNc2cc(C(F)(F)F)ccn2)CN1CC1CCN(CC2CC2)CC1. The van der Waals surface area contributed by atoms with Crippen LogP contribution in [0.4, 0.5) is 19.0 Å². The van der Waals surface area contributed by atoms with Crippen molar-refractivity contribution in [2.45, 2.75) is 38.0 Å². The minimum absolute atomic E-state index is 0.0103. The Hall–Kier alpha value is -1.87. The molecule has 1 N–H and O–H groups in total. The molecule has 0 aromatic carbocycles. The van der Waals surface area contributed by atoms with E-state index in [0.29, 0.717) is 19.0 Å². The zero-order valence-corrected chi connectivity index (χ0v) is 17.0. The van der Waals surface area contributed by atoms with E-state index in [1.165, 1.54) is 19.4 Å². The first-order chi connectivity index (χ1) is 14.4. The van der Waals surface area contributed by atoms with E-state index in [0.717, 1.165) is 56.7 Å². The number of halogens is 3. The molecule has 9 heteroatoms. The zero-order chi connectivity index (χ0) is 21.1. The number of hydrogen-bond donors (Lipinski definition) is 1. The fraction of sp³-hybridized carbons (Fsp3) is 0.714. The van der Waals surface area contributed by atoms with Gasteiger partial charge in [0.15, 0.2) is 0 Å². The zero-order valence-electron chi connectivity index (χ0n) is 17.0. The van der Waals surface area contributed by atoms with E-state index in [1.54, 1.807) is 0 Å². The Morgan fingerprint density at radius 2 is 1.87 bits per heavy atom. The molecule has 3 heterocycles. The first kappa shape index (κ1) is 21.4. The number of aromatic nitrogens is 1. The van der Waals surface area contributed by atoms with Gasteiger partial charge < -0.3 is 19.9 Å². The van der Waals surface area contributed by atoms with Crippen molar-refractivity contribution in [1.29, 1.82) is 0 Å². The highest BCUT2D eigenvalue weighted by Crippen LogP contribution is 2.32. The molecular formula is C21H29F3N4O2. The largest absolute Gasteiger partial charge is 0.416 e. The summed E-state index contributed by atoms with van der Waals surface area (Å²) in [5, 5.41) is 2.92. The van der Waals surface area contributed by atoms with Gasteiger partial charge in [-0.2, -0.15) is 13.2 Å². The normalized spacial score (nSPS) is 24.3. The molecule has 166 valence electrons. The van der Waals surface area contributed by atoms with Crippen molar-refractivity contribution in [2.24, 2.45) is 11.8 Å². The number of pyridine rings is 1. The second kappa shape index (κ2) is 9.09. The molecule has 30 heavy (non-hydrogen) atoms. The number of ether oxygens (including phenoxy) is 1. The number of piperidine rings is 1. The van der Waals surface area contributed by atoms with Gasteiger partial charge in [0.05, 0.1) is 11.7 Å². The Morgan fingerprint density at radius 1 is 1.13 bits per heavy atom. The quantitative estimate of drug-likeness (QED) is 0.727. The molecule has 2 saturated heterocycles. The van der Waals surface area contributed by atoms with Crippen LogP contribution in [-0.2, 0) is 15.7 Å². The highest BCUT2D eigenvalue weighted by Gasteiger charge is 2.32. The maximum absolute atomic E-state index is 12.8. The number of alkyl halides is 3. The fourth-order valence-corrected chi connectivity index (χ4v) is 4.23. The summed E-state index contributed by atoms with van der Waals surface area (Å²) < 4.78 is 44.1. The highest BCUT2D eigenvalue weighted by atomic mass is 19.4. The summed E-state index contributed by atoms with van der Waals surface area (Å²) in [6.07, 6.45) is 1.41. The van der Waals surface area contributed by atoms with Crippen molar-refractivity contribution < 1.29 is 22.7 Å². The lowest BCUT2D eigenvalue weighted by Crippen LogP contribution is -2.51. The number of hydrogen-bond acceptors (Lipinski definition) is 5. The number of anilines is 1. The van der Waals surface area contributed by atoms with Gasteiger partial charge in [-0.25, -0.2) is 4.98 Å². The molecule has 3 aliphatic rings. The van der Waals surface area contributed by atoms with Crippen molar-refractivity contribution in [3.63, 3.8) is 0 Å². The summed E-state index contributed by atoms with van der Waals surface area (Å²) in [5.41, 5.74) is -0.741. The van der Waals surface area contributed by atoms with Crippen LogP contribution in [0.15, 0.2) is 18.3 Å². The molecule has 0 unspecified atom stereocenters. The molecule has 0 radical (unpaired) electrons. The Balaban J connectivity index is 1.24. The number of nitrogens with one attached hydrogen (secondary N) is 1. The van der Waals surface area contributed by atoms with Gasteiger partial charge in [0.1, 0.15) is 12.4 Å². The second-order valence-electron chi connectivity index (χ2n) is 8.73. The van der Waals surface area contributed by atoms with Crippen molar-refractivity contribution in [3.8, 4) is 0 Å². The fourth-order valence-electron chi connectivity index (χ4n) is 4.23. The van der Waals surface area contributed by atoms with E-state index in [4.69, 9.17) is 4.74 Å². The molecule has 0 spiro atoms. The van der Waals surface area contributed by atoms with E-state index in [1.807, 2.05) is 4.90 Å². The number of nitrogens with zero attached hydrogens (tertiary/aromatic N) is 3. The Bertz CT molecular complexity index is 733. The van der Waals surface area contributed by atoms with E-state index in [2.05, 4.69) is 15.2 Å². The number of amides is 1.